The Labute approximate surface area is 154 Å². The van der Waals surface area contributed by atoms with Crippen molar-refractivity contribution >= 4 is 23.1 Å². The maximum atomic E-state index is 4.50. The molecule has 134 valence electrons. The lowest BCUT2D eigenvalue weighted by Gasteiger charge is -2.21. The second-order valence-electron chi connectivity index (χ2n) is 5.78. The van der Waals surface area contributed by atoms with Gasteiger partial charge in [-0.15, -0.1) is 0 Å². The van der Waals surface area contributed by atoms with Gasteiger partial charge < -0.3 is 15.5 Å². The van der Waals surface area contributed by atoms with E-state index in [1.807, 2.05) is 24.3 Å². The third-order valence-electron chi connectivity index (χ3n) is 4.08. The topological polar surface area (TPSA) is 66.0 Å². The maximum Gasteiger partial charge on any atom is 0.224 e. The number of pyridine rings is 1. The molecule has 1 aromatic carbocycles. The third kappa shape index (κ3) is 4.69. The van der Waals surface area contributed by atoms with Crippen molar-refractivity contribution in [3.8, 4) is 0 Å². The van der Waals surface area contributed by atoms with E-state index in [4.69, 9.17) is 0 Å². The highest BCUT2D eigenvalue weighted by Gasteiger charge is 2.03. The van der Waals surface area contributed by atoms with Crippen LogP contribution in [0.3, 0.4) is 0 Å². The van der Waals surface area contributed by atoms with Crippen LogP contribution >= 0.6 is 0 Å². The number of hydrogen-bond donors (Lipinski definition) is 2. The molecule has 6 heteroatoms. The van der Waals surface area contributed by atoms with Crippen LogP contribution in [0.1, 0.15) is 19.5 Å². The molecule has 3 aromatic rings. The van der Waals surface area contributed by atoms with Gasteiger partial charge in [0.1, 0.15) is 5.82 Å². The molecule has 0 fully saturated rings. The third-order valence-corrected chi connectivity index (χ3v) is 4.08. The van der Waals surface area contributed by atoms with E-state index in [0.29, 0.717) is 12.5 Å². The van der Waals surface area contributed by atoms with Gasteiger partial charge in [-0.05, 0) is 56.3 Å². The van der Waals surface area contributed by atoms with Crippen LogP contribution in [-0.4, -0.2) is 28.0 Å². The molecule has 26 heavy (non-hydrogen) atoms. The zero-order valence-electron chi connectivity index (χ0n) is 15.2. The van der Waals surface area contributed by atoms with Gasteiger partial charge in [-0.25, -0.2) is 4.98 Å². The molecule has 3 rings (SSSR count). The number of anilines is 4. The number of rotatable bonds is 8. The first kappa shape index (κ1) is 17.7. The second-order valence-corrected chi connectivity index (χ2v) is 5.78. The summed E-state index contributed by atoms with van der Waals surface area (Å²) < 4.78 is 0. The predicted octanol–water partition coefficient (Wildman–Crippen LogP) is 4.07. The molecule has 2 N–H and O–H groups in total. The molecule has 0 unspecified atom stereocenters. The summed E-state index contributed by atoms with van der Waals surface area (Å²) in [4.78, 5) is 15.4. The van der Waals surface area contributed by atoms with Gasteiger partial charge >= 0.3 is 0 Å². The van der Waals surface area contributed by atoms with Gasteiger partial charge in [0.25, 0.3) is 0 Å². The van der Waals surface area contributed by atoms with Gasteiger partial charge in [0.05, 0.1) is 12.2 Å². The molecular weight excluding hydrogens is 324 g/mol. The van der Waals surface area contributed by atoms with Crippen molar-refractivity contribution in [1.82, 2.24) is 15.0 Å². The molecular formula is C20H24N6. The molecule has 0 atom stereocenters. The van der Waals surface area contributed by atoms with Crippen molar-refractivity contribution in [2.75, 3.05) is 28.6 Å². The Morgan fingerprint density at radius 2 is 1.69 bits per heavy atom. The minimum Gasteiger partial charge on any atom is -0.372 e. The van der Waals surface area contributed by atoms with Gasteiger partial charge in [-0.3, -0.25) is 4.98 Å². The monoisotopic (exact) mass is 348 g/mol. The van der Waals surface area contributed by atoms with Gasteiger partial charge in [0, 0.05) is 36.9 Å². The van der Waals surface area contributed by atoms with Gasteiger partial charge in [-0.1, -0.05) is 6.07 Å². The normalized spacial score (nSPS) is 10.4. The van der Waals surface area contributed by atoms with E-state index in [0.717, 1.165) is 30.3 Å². The molecule has 0 bridgehead atoms. The summed E-state index contributed by atoms with van der Waals surface area (Å²) in [6, 6.07) is 16.1. The number of benzene rings is 1. The first-order chi connectivity index (χ1) is 12.8. The van der Waals surface area contributed by atoms with Crippen LogP contribution in [0.15, 0.2) is 60.9 Å². The van der Waals surface area contributed by atoms with E-state index >= 15 is 0 Å². The molecule has 0 saturated heterocycles. The van der Waals surface area contributed by atoms with E-state index in [2.05, 4.69) is 68.6 Å². The van der Waals surface area contributed by atoms with Crippen molar-refractivity contribution in [3.63, 3.8) is 0 Å². The molecule has 6 nitrogen and oxygen atoms in total. The van der Waals surface area contributed by atoms with Gasteiger partial charge in [0.2, 0.25) is 5.95 Å². The van der Waals surface area contributed by atoms with Crippen molar-refractivity contribution in [2.45, 2.75) is 20.4 Å². The summed E-state index contributed by atoms with van der Waals surface area (Å²) in [7, 11) is 0. The number of nitrogens with one attached hydrogen (secondary N) is 2. The molecule has 0 saturated carbocycles. The molecule has 0 radical (unpaired) electrons. The highest BCUT2D eigenvalue weighted by Crippen LogP contribution is 2.20. The molecule has 0 aliphatic rings. The average molecular weight is 348 g/mol. The fraction of sp³-hybridized carbons (Fsp3) is 0.250. The van der Waals surface area contributed by atoms with E-state index in [1.54, 1.807) is 12.4 Å². The number of nitrogens with zero attached hydrogens (tertiary/aromatic N) is 4. The van der Waals surface area contributed by atoms with Crippen LogP contribution < -0.4 is 15.5 Å². The van der Waals surface area contributed by atoms with E-state index in [9.17, 15) is 0 Å². The van der Waals surface area contributed by atoms with Gasteiger partial charge in [-0.2, -0.15) is 4.98 Å². The molecule has 0 spiro atoms. The van der Waals surface area contributed by atoms with Crippen LogP contribution in [0.2, 0.25) is 0 Å². The Bertz CT molecular complexity index is 800. The lowest BCUT2D eigenvalue weighted by Crippen LogP contribution is -2.21. The fourth-order valence-electron chi connectivity index (χ4n) is 2.68. The minimum atomic E-state index is 0.570. The first-order valence-electron chi connectivity index (χ1n) is 8.87. The SMILES string of the molecule is CCN(CC)c1ccc(Nc2ccnc(NCc3ccccn3)n2)cc1. The summed E-state index contributed by atoms with van der Waals surface area (Å²) in [5.74, 6) is 1.32. The van der Waals surface area contributed by atoms with E-state index in [1.165, 1.54) is 5.69 Å². The zero-order chi connectivity index (χ0) is 18.2. The number of hydrogen-bond acceptors (Lipinski definition) is 6. The molecule has 0 aliphatic carbocycles. The molecule has 0 amide bonds. The zero-order valence-corrected chi connectivity index (χ0v) is 15.2. The number of aromatic nitrogens is 3. The lowest BCUT2D eigenvalue weighted by atomic mass is 10.2. The van der Waals surface area contributed by atoms with Crippen molar-refractivity contribution in [3.05, 3.63) is 66.6 Å². The fourth-order valence-corrected chi connectivity index (χ4v) is 2.68. The van der Waals surface area contributed by atoms with Crippen LogP contribution in [0.4, 0.5) is 23.1 Å². The summed E-state index contributed by atoms with van der Waals surface area (Å²) in [5.41, 5.74) is 3.16. The van der Waals surface area contributed by atoms with Crippen molar-refractivity contribution in [1.29, 1.82) is 0 Å². The van der Waals surface area contributed by atoms with Crippen molar-refractivity contribution < 1.29 is 0 Å². The van der Waals surface area contributed by atoms with Crippen LogP contribution in [0, 0.1) is 0 Å². The largest absolute Gasteiger partial charge is 0.372 e. The Morgan fingerprint density at radius 1 is 0.885 bits per heavy atom. The Hall–Kier alpha value is -3.15. The van der Waals surface area contributed by atoms with E-state index < -0.39 is 0 Å². The van der Waals surface area contributed by atoms with Crippen molar-refractivity contribution in [2.24, 2.45) is 0 Å². The Morgan fingerprint density at radius 3 is 2.38 bits per heavy atom. The second kappa shape index (κ2) is 8.80. The Balaban J connectivity index is 1.63. The highest BCUT2D eigenvalue weighted by molar-refractivity contribution is 5.61. The maximum absolute atomic E-state index is 4.50. The predicted molar refractivity (Wildman–Crippen MR) is 107 cm³/mol. The summed E-state index contributed by atoms with van der Waals surface area (Å²) >= 11 is 0. The first-order valence-corrected chi connectivity index (χ1v) is 8.87. The van der Waals surface area contributed by atoms with Crippen LogP contribution in [0.5, 0.6) is 0 Å². The summed E-state index contributed by atoms with van der Waals surface area (Å²) in [6.07, 6.45) is 3.51. The van der Waals surface area contributed by atoms with Gasteiger partial charge in [0.15, 0.2) is 0 Å². The molecule has 0 aliphatic heterocycles. The standard InChI is InChI=1S/C20H24N6/c1-3-26(4-2)18-10-8-16(9-11-18)24-19-12-14-22-20(25-19)23-15-17-7-5-6-13-21-17/h5-14H,3-4,15H2,1-2H3,(H2,22,23,24,25). The van der Waals surface area contributed by atoms with Crippen LogP contribution in [-0.2, 0) is 6.54 Å². The lowest BCUT2D eigenvalue weighted by molar-refractivity contribution is 0.866. The summed E-state index contributed by atoms with van der Waals surface area (Å²) in [6.45, 7) is 6.91. The summed E-state index contributed by atoms with van der Waals surface area (Å²) in [5, 5.41) is 6.51. The minimum absolute atomic E-state index is 0.570. The van der Waals surface area contributed by atoms with E-state index in [-0.39, 0.29) is 0 Å². The quantitative estimate of drug-likeness (QED) is 0.640. The smallest absolute Gasteiger partial charge is 0.224 e. The Kier molecular flexibility index (Phi) is 5.98. The molecule has 2 heterocycles. The molecule has 2 aromatic heterocycles. The highest BCUT2D eigenvalue weighted by atomic mass is 15.1. The van der Waals surface area contributed by atoms with Crippen LogP contribution in [0.25, 0.3) is 0 Å². The average Bonchev–Trinajstić information content (AvgIpc) is 2.70.